The molecule has 8 nitrogen and oxygen atoms in total. The van der Waals surface area contributed by atoms with E-state index in [1.54, 1.807) is 18.2 Å². The van der Waals surface area contributed by atoms with E-state index in [0.717, 1.165) is 14.7 Å². The van der Waals surface area contributed by atoms with E-state index >= 15 is 0 Å². The number of aromatic nitrogens is 2. The lowest BCUT2D eigenvalue weighted by molar-refractivity contribution is -0.384. The first-order valence-corrected chi connectivity index (χ1v) is 11.0. The summed E-state index contributed by atoms with van der Waals surface area (Å²) >= 11 is 2.12. The number of halogens is 1. The highest BCUT2D eigenvalue weighted by Gasteiger charge is 2.25. The number of hydrogen-bond donors (Lipinski definition) is 1. The van der Waals surface area contributed by atoms with E-state index in [-0.39, 0.29) is 23.0 Å². The Kier molecular flexibility index (Phi) is 5.05. The van der Waals surface area contributed by atoms with Gasteiger partial charge in [0.25, 0.3) is 17.2 Å². The van der Waals surface area contributed by atoms with Crippen LogP contribution in [0.4, 0.5) is 11.4 Å². The number of fused-ring (bicyclic) bond motifs is 2. The van der Waals surface area contributed by atoms with Crippen LogP contribution in [0.25, 0.3) is 28.2 Å². The first kappa shape index (κ1) is 21.0. The quantitative estimate of drug-likeness (QED) is 0.172. The van der Waals surface area contributed by atoms with E-state index in [1.165, 1.54) is 28.8 Å². The van der Waals surface area contributed by atoms with Crippen molar-refractivity contribution >= 4 is 62.4 Å². The predicted octanol–water partition coefficient (Wildman–Crippen LogP) is 4.70. The predicted molar refractivity (Wildman–Crippen MR) is 134 cm³/mol. The van der Waals surface area contributed by atoms with Gasteiger partial charge in [0.2, 0.25) is 0 Å². The summed E-state index contributed by atoms with van der Waals surface area (Å²) in [5.41, 5.74) is 3.29. The molecule has 0 radical (unpaired) electrons. The Bertz CT molecular complexity index is 1570. The summed E-state index contributed by atoms with van der Waals surface area (Å²) in [6, 6.07) is 16.6. The number of non-ortho nitro benzene ring substituents is 1. The van der Waals surface area contributed by atoms with Crippen molar-refractivity contribution in [1.82, 2.24) is 9.55 Å². The highest BCUT2D eigenvalue weighted by Crippen LogP contribution is 2.34. The van der Waals surface area contributed by atoms with E-state index in [9.17, 15) is 19.7 Å². The molecule has 4 aromatic rings. The molecule has 1 aliphatic heterocycles. The molecular weight excluding hydrogens is 535 g/mol. The van der Waals surface area contributed by atoms with Crippen molar-refractivity contribution in [2.75, 3.05) is 5.32 Å². The molecule has 5 rings (SSSR count). The lowest BCUT2D eigenvalue weighted by Gasteiger charge is -2.12. The lowest BCUT2D eigenvalue weighted by atomic mass is 10.0. The number of rotatable bonds is 3. The van der Waals surface area contributed by atoms with Gasteiger partial charge in [0.05, 0.1) is 27.1 Å². The lowest BCUT2D eigenvalue weighted by Crippen LogP contribution is -2.22. The van der Waals surface area contributed by atoms with Gasteiger partial charge < -0.3 is 5.32 Å². The Morgan fingerprint density at radius 2 is 1.82 bits per heavy atom. The van der Waals surface area contributed by atoms with E-state index in [1.807, 2.05) is 31.2 Å². The van der Waals surface area contributed by atoms with Crippen LogP contribution < -0.4 is 10.9 Å². The van der Waals surface area contributed by atoms with Gasteiger partial charge in [0.1, 0.15) is 5.82 Å². The molecule has 0 bridgehead atoms. The fourth-order valence-electron chi connectivity index (χ4n) is 3.82. The molecule has 0 saturated heterocycles. The van der Waals surface area contributed by atoms with Crippen molar-refractivity contribution < 1.29 is 9.72 Å². The van der Waals surface area contributed by atoms with Crippen molar-refractivity contribution in [1.29, 1.82) is 0 Å². The minimum absolute atomic E-state index is 0.0884. The van der Waals surface area contributed by atoms with Crippen molar-refractivity contribution in [2.45, 2.75) is 6.92 Å². The minimum atomic E-state index is -0.501. The molecule has 1 amide bonds. The van der Waals surface area contributed by atoms with Gasteiger partial charge in [0.15, 0.2) is 0 Å². The number of carbonyl (C=O) groups excluding carboxylic acids is 1. The number of hydrogen-bond acceptors (Lipinski definition) is 5. The van der Waals surface area contributed by atoms with Gasteiger partial charge in [-0.3, -0.25) is 24.3 Å². The molecule has 33 heavy (non-hydrogen) atoms. The molecule has 0 atom stereocenters. The number of nitro benzene ring substituents is 1. The molecular formula is C24H15IN4O4. The number of nitrogens with zero attached hydrogens (tertiary/aromatic N) is 3. The molecule has 9 heteroatoms. The fraction of sp³-hybridized carbons (Fsp3) is 0.0417. The standard InChI is InChI=1S/C24H15IN4O4/c1-13-2-8-20-17(10-13)18(23(30)27-20)12-22-26-21-9-3-14(25)11-19(21)24(31)28(22)15-4-6-16(7-5-15)29(32)33/h2-12H,1H3,(H,27,30)/b18-12-. The molecule has 2 heterocycles. The maximum absolute atomic E-state index is 13.5. The van der Waals surface area contributed by atoms with Gasteiger partial charge in [-0.05, 0) is 78.1 Å². The second kappa shape index (κ2) is 7.93. The zero-order valence-electron chi connectivity index (χ0n) is 17.2. The number of amides is 1. The molecule has 0 saturated carbocycles. The molecule has 3 aromatic carbocycles. The number of aryl methyl sites for hydroxylation is 1. The average Bonchev–Trinajstić information content (AvgIpc) is 3.09. The van der Waals surface area contributed by atoms with Crippen molar-refractivity contribution in [2.24, 2.45) is 0 Å². The van der Waals surface area contributed by atoms with Gasteiger partial charge in [-0.25, -0.2) is 4.98 Å². The summed E-state index contributed by atoms with van der Waals surface area (Å²) < 4.78 is 2.25. The summed E-state index contributed by atoms with van der Waals surface area (Å²) in [5.74, 6) is -0.0372. The summed E-state index contributed by atoms with van der Waals surface area (Å²) in [6.07, 6.45) is 1.58. The largest absolute Gasteiger partial charge is 0.321 e. The molecule has 162 valence electrons. The molecule has 1 N–H and O–H groups in total. The number of nitrogens with one attached hydrogen (secondary N) is 1. The molecule has 1 aliphatic rings. The Balaban J connectivity index is 1.80. The maximum atomic E-state index is 13.5. The molecule has 0 aliphatic carbocycles. The Labute approximate surface area is 200 Å². The van der Waals surface area contributed by atoms with E-state index in [2.05, 4.69) is 32.9 Å². The zero-order valence-corrected chi connectivity index (χ0v) is 19.4. The monoisotopic (exact) mass is 550 g/mol. The molecule has 0 unspecified atom stereocenters. The van der Waals surface area contributed by atoms with Crippen LogP contribution in [0, 0.1) is 20.6 Å². The van der Waals surface area contributed by atoms with Crippen LogP contribution in [0.3, 0.4) is 0 Å². The van der Waals surface area contributed by atoms with Crippen molar-refractivity contribution in [3.8, 4) is 5.69 Å². The summed E-state index contributed by atoms with van der Waals surface area (Å²) in [7, 11) is 0. The van der Waals surface area contributed by atoms with Crippen LogP contribution in [-0.4, -0.2) is 20.4 Å². The normalized spacial score (nSPS) is 13.9. The number of nitro groups is 1. The van der Waals surface area contributed by atoms with Gasteiger partial charge in [0, 0.05) is 27.0 Å². The van der Waals surface area contributed by atoms with Gasteiger partial charge in [-0.2, -0.15) is 0 Å². The summed E-state index contributed by atoms with van der Waals surface area (Å²) in [6.45, 7) is 1.93. The first-order valence-electron chi connectivity index (χ1n) is 9.93. The smallest absolute Gasteiger partial charge is 0.269 e. The third-order valence-electron chi connectivity index (χ3n) is 5.41. The van der Waals surface area contributed by atoms with Crippen LogP contribution in [0.15, 0.2) is 65.5 Å². The zero-order chi connectivity index (χ0) is 23.3. The number of anilines is 1. The van der Waals surface area contributed by atoms with Crippen LogP contribution in [0.5, 0.6) is 0 Å². The first-order chi connectivity index (χ1) is 15.8. The fourth-order valence-corrected chi connectivity index (χ4v) is 4.31. The maximum Gasteiger partial charge on any atom is 0.269 e. The Morgan fingerprint density at radius 1 is 1.06 bits per heavy atom. The molecule has 0 spiro atoms. The molecule has 1 aromatic heterocycles. The van der Waals surface area contributed by atoms with Crippen LogP contribution in [0.1, 0.15) is 17.0 Å². The summed E-state index contributed by atoms with van der Waals surface area (Å²) in [5, 5.41) is 14.3. The molecule has 0 fully saturated rings. The second-order valence-corrected chi connectivity index (χ2v) is 8.85. The van der Waals surface area contributed by atoms with Crippen molar-refractivity contribution in [3.05, 3.63) is 102 Å². The van der Waals surface area contributed by atoms with Crippen LogP contribution >= 0.6 is 22.6 Å². The third kappa shape index (κ3) is 3.69. The van der Waals surface area contributed by atoms with Gasteiger partial charge in [-0.1, -0.05) is 11.6 Å². The minimum Gasteiger partial charge on any atom is -0.321 e. The van der Waals surface area contributed by atoms with Crippen LogP contribution in [0.2, 0.25) is 0 Å². The SMILES string of the molecule is Cc1ccc2c(c1)/C(=C/c1nc3ccc(I)cc3c(=O)n1-c1ccc([N+](=O)[O-])cc1)C(=O)N2. The van der Waals surface area contributed by atoms with E-state index in [4.69, 9.17) is 0 Å². The Hall–Kier alpha value is -3.86. The topological polar surface area (TPSA) is 107 Å². The second-order valence-electron chi connectivity index (χ2n) is 7.61. The summed E-state index contributed by atoms with van der Waals surface area (Å²) in [4.78, 5) is 41.5. The highest BCUT2D eigenvalue weighted by molar-refractivity contribution is 14.1. The van der Waals surface area contributed by atoms with Gasteiger partial charge >= 0.3 is 0 Å². The van der Waals surface area contributed by atoms with Crippen LogP contribution in [-0.2, 0) is 4.79 Å². The number of benzene rings is 3. The number of carbonyl (C=O) groups is 1. The van der Waals surface area contributed by atoms with Crippen molar-refractivity contribution in [3.63, 3.8) is 0 Å². The third-order valence-corrected chi connectivity index (χ3v) is 6.08. The average molecular weight is 550 g/mol. The van der Waals surface area contributed by atoms with E-state index < -0.39 is 4.92 Å². The highest BCUT2D eigenvalue weighted by atomic mass is 127. The van der Waals surface area contributed by atoms with Gasteiger partial charge in [-0.15, -0.1) is 0 Å². The van der Waals surface area contributed by atoms with E-state index in [0.29, 0.717) is 27.9 Å². The Morgan fingerprint density at radius 3 is 2.55 bits per heavy atom.